The zero-order chi connectivity index (χ0) is 12.3. The Morgan fingerprint density at radius 2 is 1.88 bits per heavy atom. The van der Waals surface area contributed by atoms with Gasteiger partial charge in [0.15, 0.2) is 0 Å². The topological polar surface area (TPSA) is 39.7 Å². The Morgan fingerprint density at radius 1 is 1.06 bits per heavy atom. The molecule has 0 aromatic rings. The second-order valence-corrected chi connectivity index (χ2v) is 5.01. The maximum atomic E-state index is 5.63. The van der Waals surface area contributed by atoms with Gasteiger partial charge in [-0.3, -0.25) is 0 Å². The number of methoxy groups -OCH3 is 2. The van der Waals surface area contributed by atoms with Crippen molar-refractivity contribution in [1.82, 2.24) is 5.32 Å². The van der Waals surface area contributed by atoms with E-state index >= 15 is 0 Å². The van der Waals surface area contributed by atoms with Crippen molar-refractivity contribution in [2.45, 2.75) is 63.0 Å². The summed E-state index contributed by atoms with van der Waals surface area (Å²) in [6.07, 6.45) is 5.55. The third-order valence-corrected chi connectivity index (χ3v) is 4.09. The summed E-state index contributed by atoms with van der Waals surface area (Å²) in [6.45, 7) is 2.80. The average molecular weight is 243 g/mol. The average Bonchev–Trinajstić information content (AvgIpc) is 2.75. The van der Waals surface area contributed by atoms with Crippen LogP contribution in [0.4, 0.5) is 0 Å². The van der Waals surface area contributed by atoms with Crippen LogP contribution >= 0.6 is 0 Å². The molecule has 100 valence electrons. The molecule has 0 amide bonds. The SMILES string of the molecule is CCOC1CC(NC2CCCC2OC)C1OC. The summed E-state index contributed by atoms with van der Waals surface area (Å²) in [7, 11) is 3.58. The molecule has 0 saturated heterocycles. The van der Waals surface area contributed by atoms with Gasteiger partial charge in [0.2, 0.25) is 0 Å². The van der Waals surface area contributed by atoms with Crippen LogP contribution in [-0.4, -0.2) is 51.2 Å². The summed E-state index contributed by atoms with van der Waals surface area (Å²) in [5, 5.41) is 3.68. The third-order valence-electron chi connectivity index (χ3n) is 4.09. The highest BCUT2D eigenvalue weighted by Crippen LogP contribution is 2.30. The fourth-order valence-electron chi connectivity index (χ4n) is 3.11. The molecule has 4 nitrogen and oxygen atoms in total. The Kier molecular flexibility index (Phi) is 4.79. The first-order valence-electron chi connectivity index (χ1n) is 6.73. The molecule has 2 aliphatic rings. The van der Waals surface area contributed by atoms with Gasteiger partial charge in [-0.05, 0) is 32.6 Å². The minimum absolute atomic E-state index is 0.202. The smallest absolute Gasteiger partial charge is 0.0986 e. The molecule has 0 spiro atoms. The van der Waals surface area contributed by atoms with Gasteiger partial charge < -0.3 is 19.5 Å². The lowest BCUT2D eigenvalue weighted by Crippen LogP contribution is -2.62. The number of rotatable bonds is 6. The largest absolute Gasteiger partial charge is 0.380 e. The molecule has 5 unspecified atom stereocenters. The Labute approximate surface area is 104 Å². The molecule has 2 saturated carbocycles. The van der Waals surface area contributed by atoms with E-state index in [1.165, 1.54) is 19.3 Å². The third kappa shape index (κ3) is 2.81. The van der Waals surface area contributed by atoms with Gasteiger partial charge in [0, 0.05) is 32.9 Å². The van der Waals surface area contributed by atoms with E-state index in [-0.39, 0.29) is 12.2 Å². The summed E-state index contributed by atoms with van der Waals surface area (Å²) >= 11 is 0. The molecule has 0 aliphatic heterocycles. The van der Waals surface area contributed by atoms with Crippen LogP contribution in [0.3, 0.4) is 0 Å². The predicted molar refractivity (Wildman–Crippen MR) is 66.2 cm³/mol. The molecule has 0 heterocycles. The molecule has 1 N–H and O–H groups in total. The summed E-state index contributed by atoms with van der Waals surface area (Å²) in [5.41, 5.74) is 0. The van der Waals surface area contributed by atoms with Gasteiger partial charge in [0.25, 0.3) is 0 Å². The molecule has 0 radical (unpaired) electrons. The highest BCUT2D eigenvalue weighted by atomic mass is 16.5. The number of hydrogen-bond donors (Lipinski definition) is 1. The standard InChI is InChI=1S/C13H25NO3/c1-4-17-12-8-10(13(12)16-3)14-9-6-5-7-11(9)15-2/h9-14H,4-8H2,1-3H3. The van der Waals surface area contributed by atoms with E-state index in [2.05, 4.69) is 5.32 Å². The zero-order valence-corrected chi connectivity index (χ0v) is 11.1. The van der Waals surface area contributed by atoms with Crippen molar-refractivity contribution >= 4 is 0 Å². The van der Waals surface area contributed by atoms with Gasteiger partial charge in [-0.2, -0.15) is 0 Å². The maximum Gasteiger partial charge on any atom is 0.0986 e. The summed E-state index contributed by atoms with van der Waals surface area (Å²) in [6, 6.07) is 0.919. The molecule has 5 atom stereocenters. The van der Waals surface area contributed by atoms with Gasteiger partial charge in [0.05, 0.1) is 18.3 Å². The lowest BCUT2D eigenvalue weighted by molar-refractivity contribution is -0.135. The Balaban J connectivity index is 1.80. The normalized spacial score (nSPS) is 41.5. The first kappa shape index (κ1) is 13.3. The van der Waals surface area contributed by atoms with Gasteiger partial charge in [-0.15, -0.1) is 0 Å². The molecule has 4 heteroatoms. The number of nitrogens with one attached hydrogen (secondary N) is 1. The van der Waals surface area contributed by atoms with Crippen molar-refractivity contribution in [3.05, 3.63) is 0 Å². The molecule has 0 aromatic heterocycles. The lowest BCUT2D eigenvalue weighted by atomic mass is 9.84. The van der Waals surface area contributed by atoms with Crippen LogP contribution < -0.4 is 5.32 Å². The number of ether oxygens (including phenoxy) is 3. The van der Waals surface area contributed by atoms with E-state index in [4.69, 9.17) is 14.2 Å². The molecule has 17 heavy (non-hydrogen) atoms. The minimum Gasteiger partial charge on any atom is -0.380 e. The highest BCUT2D eigenvalue weighted by Gasteiger charge is 2.44. The van der Waals surface area contributed by atoms with Gasteiger partial charge in [0.1, 0.15) is 0 Å². The molecular formula is C13H25NO3. The Hall–Kier alpha value is -0.160. The molecular weight excluding hydrogens is 218 g/mol. The van der Waals surface area contributed by atoms with Crippen LogP contribution in [0.15, 0.2) is 0 Å². The van der Waals surface area contributed by atoms with E-state index in [1.54, 1.807) is 7.11 Å². The van der Waals surface area contributed by atoms with Crippen LogP contribution in [0, 0.1) is 0 Å². The maximum absolute atomic E-state index is 5.63. The van der Waals surface area contributed by atoms with Gasteiger partial charge in [-0.1, -0.05) is 0 Å². The monoisotopic (exact) mass is 243 g/mol. The number of hydrogen-bond acceptors (Lipinski definition) is 4. The summed E-state index contributed by atoms with van der Waals surface area (Å²) < 4.78 is 16.6. The molecule has 0 aromatic carbocycles. The predicted octanol–water partition coefficient (Wildman–Crippen LogP) is 1.34. The van der Waals surface area contributed by atoms with Crippen molar-refractivity contribution < 1.29 is 14.2 Å². The van der Waals surface area contributed by atoms with Crippen molar-refractivity contribution in [2.24, 2.45) is 0 Å². The molecule has 2 rings (SSSR count). The van der Waals surface area contributed by atoms with E-state index in [0.717, 1.165) is 13.0 Å². The van der Waals surface area contributed by atoms with E-state index in [1.807, 2.05) is 14.0 Å². The first-order chi connectivity index (χ1) is 8.30. The second-order valence-electron chi connectivity index (χ2n) is 5.01. The van der Waals surface area contributed by atoms with E-state index < -0.39 is 0 Å². The second kappa shape index (κ2) is 6.14. The van der Waals surface area contributed by atoms with Crippen molar-refractivity contribution in [3.63, 3.8) is 0 Å². The molecule has 2 fully saturated rings. The quantitative estimate of drug-likeness (QED) is 0.764. The van der Waals surface area contributed by atoms with Gasteiger partial charge in [-0.25, -0.2) is 0 Å². The Bertz CT molecular complexity index is 237. The van der Waals surface area contributed by atoms with E-state index in [9.17, 15) is 0 Å². The van der Waals surface area contributed by atoms with Gasteiger partial charge >= 0.3 is 0 Å². The first-order valence-corrected chi connectivity index (χ1v) is 6.73. The summed E-state index contributed by atoms with van der Waals surface area (Å²) in [4.78, 5) is 0. The van der Waals surface area contributed by atoms with Crippen LogP contribution in [0.5, 0.6) is 0 Å². The van der Waals surface area contributed by atoms with Crippen LogP contribution in [-0.2, 0) is 14.2 Å². The van der Waals surface area contributed by atoms with Crippen LogP contribution in [0.1, 0.15) is 32.6 Å². The van der Waals surface area contributed by atoms with E-state index in [0.29, 0.717) is 18.2 Å². The zero-order valence-electron chi connectivity index (χ0n) is 11.1. The fraction of sp³-hybridized carbons (Fsp3) is 1.00. The Morgan fingerprint density at radius 3 is 2.53 bits per heavy atom. The van der Waals surface area contributed by atoms with Crippen LogP contribution in [0.2, 0.25) is 0 Å². The minimum atomic E-state index is 0.202. The van der Waals surface area contributed by atoms with Crippen LogP contribution in [0.25, 0.3) is 0 Å². The molecule has 2 aliphatic carbocycles. The highest BCUT2D eigenvalue weighted by molar-refractivity contribution is 5.00. The van der Waals surface area contributed by atoms with Crippen molar-refractivity contribution in [1.29, 1.82) is 0 Å². The summed E-state index contributed by atoms with van der Waals surface area (Å²) in [5.74, 6) is 0. The van der Waals surface area contributed by atoms with Crippen molar-refractivity contribution in [2.75, 3.05) is 20.8 Å². The fourth-order valence-corrected chi connectivity index (χ4v) is 3.11. The van der Waals surface area contributed by atoms with Crippen molar-refractivity contribution in [3.8, 4) is 0 Å². The molecule has 0 bridgehead atoms. The lowest BCUT2D eigenvalue weighted by Gasteiger charge is -2.45.